The molecule has 0 aromatic heterocycles. The molecule has 0 fully saturated rings. The van der Waals surface area contributed by atoms with Crippen molar-refractivity contribution in [2.45, 2.75) is 59.2 Å². The lowest BCUT2D eigenvalue weighted by Crippen LogP contribution is -2.53. The summed E-state index contributed by atoms with van der Waals surface area (Å²) >= 11 is 12.4. The largest absolute Gasteiger partial charge is 0.352 e. The number of hydrogen-bond donors (Lipinski definition) is 1. The highest BCUT2D eigenvalue weighted by Gasteiger charge is 2.33. The topological polar surface area (TPSA) is 86.8 Å². The number of halogens is 2. The maximum atomic E-state index is 13.7. The van der Waals surface area contributed by atoms with E-state index in [0.717, 1.165) is 28.1 Å². The molecular weight excluding hydrogens is 509 g/mol. The average Bonchev–Trinajstić information content (AvgIpc) is 2.79. The Hall–Kier alpha value is -2.29. The van der Waals surface area contributed by atoms with Crippen LogP contribution in [0.2, 0.25) is 10.0 Å². The van der Waals surface area contributed by atoms with Gasteiger partial charge in [0.05, 0.1) is 22.0 Å². The molecule has 2 atom stereocenters. The van der Waals surface area contributed by atoms with E-state index in [1.807, 2.05) is 52.0 Å². The van der Waals surface area contributed by atoms with Crippen molar-refractivity contribution in [3.05, 3.63) is 63.6 Å². The van der Waals surface area contributed by atoms with Crippen molar-refractivity contribution in [1.29, 1.82) is 0 Å². The fourth-order valence-electron chi connectivity index (χ4n) is 3.61. The van der Waals surface area contributed by atoms with Gasteiger partial charge in [-0.05, 0) is 49.9 Å². The number of aryl methyl sites for hydroxylation is 1. The summed E-state index contributed by atoms with van der Waals surface area (Å²) in [5.41, 5.74) is 1.92. The molecule has 0 aliphatic carbocycles. The normalized spacial score (nSPS) is 13.1. The van der Waals surface area contributed by atoms with Gasteiger partial charge in [-0.25, -0.2) is 8.42 Å². The Labute approximate surface area is 218 Å². The van der Waals surface area contributed by atoms with E-state index < -0.39 is 28.5 Å². The van der Waals surface area contributed by atoms with Crippen molar-refractivity contribution in [3.8, 4) is 0 Å². The van der Waals surface area contributed by atoms with Crippen LogP contribution in [0.5, 0.6) is 0 Å². The number of amides is 2. The van der Waals surface area contributed by atoms with Crippen molar-refractivity contribution in [2.24, 2.45) is 0 Å². The smallest absolute Gasteiger partial charge is 0.244 e. The van der Waals surface area contributed by atoms with Crippen molar-refractivity contribution in [2.75, 3.05) is 17.1 Å². The molecule has 35 heavy (non-hydrogen) atoms. The number of rotatable bonds is 11. The molecule has 0 heterocycles. The maximum absolute atomic E-state index is 13.7. The Morgan fingerprint density at radius 3 is 2.26 bits per heavy atom. The van der Waals surface area contributed by atoms with Gasteiger partial charge in [-0.15, -0.1) is 0 Å². The first-order chi connectivity index (χ1) is 16.4. The zero-order valence-electron chi connectivity index (χ0n) is 20.7. The van der Waals surface area contributed by atoms with E-state index in [-0.39, 0.29) is 34.2 Å². The summed E-state index contributed by atoms with van der Waals surface area (Å²) in [4.78, 5) is 28.3. The van der Waals surface area contributed by atoms with E-state index in [0.29, 0.717) is 6.42 Å². The van der Waals surface area contributed by atoms with Crippen molar-refractivity contribution >= 4 is 50.7 Å². The molecular formula is C25H33Cl2N3O4S. The molecule has 0 bridgehead atoms. The molecule has 2 aromatic rings. The number of hydrogen-bond acceptors (Lipinski definition) is 4. The van der Waals surface area contributed by atoms with Crippen LogP contribution in [-0.2, 0) is 26.2 Å². The first kappa shape index (κ1) is 28.9. The van der Waals surface area contributed by atoms with Crippen molar-refractivity contribution < 1.29 is 18.0 Å². The van der Waals surface area contributed by atoms with Gasteiger partial charge in [-0.3, -0.25) is 13.9 Å². The molecule has 0 saturated heterocycles. The highest BCUT2D eigenvalue weighted by molar-refractivity contribution is 7.92. The lowest BCUT2D eigenvalue weighted by Gasteiger charge is -2.34. The summed E-state index contributed by atoms with van der Waals surface area (Å²) in [5, 5.41) is 3.14. The number of benzene rings is 2. The molecule has 0 aliphatic heterocycles. The van der Waals surface area contributed by atoms with Crippen LogP contribution in [-0.4, -0.2) is 50.0 Å². The lowest BCUT2D eigenvalue weighted by molar-refractivity contribution is -0.140. The number of anilines is 1. The highest BCUT2D eigenvalue weighted by atomic mass is 35.5. The van der Waals surface area contributed by atoms with Crippen LogP contribution in [0.1, 0.15) is 44.7 Å². The van der Waals surface area contributed by atoms with Crippen molar-refractivity contribution in [3.63, 3.8) is 0 Å². The number of carbonyl (C=O) groups excluding carboxylic acids is 2. The van der Waals surface area contributed by atoms with Gasteiger partial charge in [0.2, 0.25) is 21.8 Å². The molecule has 0 saturated carbocycles. The Morgan fingerprint density at radius 1 is 1.03 bits per heavy atom. The molecule has 2 amide bonds. The molecule has 10 heteroatoms. The summed E-state index contributed by atoms with van der Waals surface area (Å²) in [6.07, 6.45) is 2.09. The van der Waals surface area contributed by atoms with Crippen LogP contribution in [0.25, 0.3) is 0 Å². The van der Waals surface area contributed by atoms with E-state index in [1.165, 1.54) is 17.0 Å². The van der Waals surface area contributed by atoms with Crippen LogP contribution in [0, 0.1) is 6.92 Å². The van der Waals surface area contributed by atoms with E-state index in [2.05, 4.69) is 5.32 Å². The van der Waals surface area contributed by atoms with E-state index in [1.54, 1.807) is 6.07 Å². The van der Waals surface area contributed by atoms with Crippen LogP contribution in [0.3, 0.4) is 0 Å². The Morgan fingerprint density at radius 2 is 1.69 bits per heavy atom. The van der Waals surface area contributed by atoms with Crippen LogP contribution < -0.4 is 9.62 Å². The second kappa shape index (κ2) is 12.6. The third kappa shape index (κ3) is 7.59. The van der Waals surface area contributed by atoms with Gasteiger partial charge in [0.25, 0.3) is 0 Å². The Bertz CT molecular complexity index is 1160. The molecule has 2 rings (SSSR count). The Balaban J connectivity index is 2.50. The minimum Gasteiger partial charge on any atom is -0.352 e. The molecule has 192 valence electrons. The summed E-state index contributed by atoms with van der Waals surface area (Å²) in [5.74, 6) is -0.809. The van der Waals surface area contributed by atoms with Crippen LogP contribution in [0.4, 0.5) is 5.69 Å². The predicted octanol–water partition coefficient (Wildman–Crippen LogP) is 4.79. The zero-order chi connectivity index (χ0) is 26.3. The fourth-order valence-corrected chi connectivity index (χ4v) is 4.91. The quantitative estimate of drug-likeness (QED) is 0.443. The molecule has 0 radical (unpaired) electrons. The van der Waals surface area contributed by atoms with Gasteiger partial charge in [0.1, 0.15) is 12.6 Å². The highest BCUT2D eigenvalue weighted by Crippen LogP contribution is 2.33. The summed E-state index contributed by atoms with van der Waals surface area (Å²) < 4.78 is 26.3. The number of nitrogens with one attached hydrogen (secondary N) is 1. The average molecular weight is 543 g/mol. The van der Waals surface area contributed by atoms with E-state index in [9.17, 15) is 18.0 Å². The van der Waals surface area contributed by atoms with Crippen LogP contribution >= 0.6 is 23.2 Å². The molecule has 0 unspecified atom stereocenters. The molecule has 0 spiro atoms. The van der Waals surface area contributed by atoms with Gasteiger partial charge in [-0.2, -0.15) is 0 Å². The summed E-state index contributed by atoms with van der Waals surface area (Å²) in [7, 11) is -3.90. The molecule has 0 aliphatic rings. The maximum Gasteiger partial charge on any atom is 0.244 e. The second-order valence-corrected chi connectivity index (χ2v) is 11.2. The lowest BCUT2D eigenvalue weighted by atomic mass is 10.1. The number of sulfonamides is 1. The third-order valence-corrected chi connectivity index (χ3v) is 7.80. The molecule has 1 N–H and O–H groups in total. The first-order valence-corrected chi connectivity index (χ1v) is 14.1. The van der Waals surface area contributed by atoms with Crippen LogP contribution in [0.15, 0.2) is 42.5 Å². The van der Waals surface area contributed by atoms with Gasteiger partial charge in [0.15, 0.2) is 0 Å². The second-order valence-electron chi connectivity index (χ2n) is 8.53. The standard InChI is InChI=1S/C25H33Cl2N3O4S/c1-6-18(4)28-25(32)21(7-2)29(15-19-12-9-8-11-17(19)3)23(31)16-30(35(5,33)34)22-14-10-13-20(26)24(22)27/h8-14,18,21H,6-7,15-16H2,1-5H3,(H,28,32)/t18-,21+/m1/s1. The third-order valence-electron chi connectivity index (χ3n) is 5.87. The minimum absolute atomic E-state index is 0.0272. The first-order valence-electron chi connectivity index (χ1n) is 11.5. The number of carbonyl (C=O) groups is 2. The summed E-state index contributed by atoms with van der Waals surface area (Å²) in [6, 6.07) is 11.3. The van der Waals surface area contributed by atoms with E-state index in [4.69, 9.17) is 23.2 Å². The molecule has 7 nitrogen and oxygen atoms in total. The fraction of sp³-hybridized carbons (Fsp3) is 0.440. The van der Waals surface area contributed by atoms with Gasteiger partial charge >= 0.3 is 0 Å². The number of nitrogens with zero attached hydrogens (tertiary/aromatic N) is 2. The SMILES string of the molecule is CC[C@@H](C)NC(=O)[C@H](CC)N(Cc1ccccc1C)C(=O)CN(c1cccc(Cl)c1Cl)S(C)(=O)=O. The molecule has 2 aromatic carbocycles. The van der Waals surface area contributed by atoms with Gasteiger partial charge < -0.3 is 10.2 Å². The zero-order valence-corrected chi connectivity index (χ0v) is 23.0. The van der Waals surface area contributed by atoms with E-state index >= 15 is 0 Å². The Kier molecular flexibility index (Phi) is 10.4. The predicted molar refractivity (Wildman–Crippen MR) is 142 cm³/mol. The minimum atomic E-state index is -3.90. The monoisotopic (exact) mass is 541 g/mol. The summed E-state index contributed by atoms with van der Waals surface area (Å²) in [6.45, 7) is 7.22. The van der Waals surface area contributed by atoms with Gasteiger partial charge in [-0.1, -0.05) is 67.4 Å². The van der Waals surface area contributed by atoms with Gasteiger partial charge in [0, 0.05) is 12.6 Å². The van der Waals surface area contributed by atoms with Crippen molar-refractivity contribution in [1.82, 2.24) is 10.2 Å².